The number of hydrogen-bond acceptors (Lipinski definition) is 5. The van der Waals surface area contributed by atoms with Crippen LogP contribution in [0.25, 0.3) is 0 Å². The summed E-state index contributed by atoms with van der Waals surface area (Å²) in [7, 11) is 2.60. The van der Waals surface area contributed by atoms with Crippen LogP contribution in [0.5, 0.6) is 11.5 Å². The highest BCUT2D eigenvalue weighted by atomic mass is 16.5. The Hall–Kier alpha value is -1.91. The maximum Gasteiger partial charge on any atom is 0.345 e. The fourth-order valence-electron chi connectivity index (χ4n) is 1.09. The lowest BCUT2D eigenvalue weighted by Crippen LogP contribution is -2.05. The van der Waals surface area contributed by atoms with Crippen molar-refractivity contribution in [2.75, 3.05) is 20.0 Å². The number of ether oxygens (including phenoxy) is 2. The minimum Gasteiger partial charge on any atom is -0.507 e. The summed E-state index contributed by atoms with van der Waals surface area (Å²) in [6, 6.07) is 2.70. The maximum absolute atomic E-state index is 11.2. The van der Waals surface area contributed by atoms with Gasteiger partial charge in [-0.15, -0.1) is 0 Å². The van der Waals surface area contributed by atoms with Crippen molar-refractivity contribution < 1.29 is 19.4 Å². The van der Waals surface area contributed by atoms with E-state index < -0.39 is 5.97 Å². The molecule has 0 atom stereocenters. The van der Waals surface area contributed by atoms with Crippen LogP contribution in [-0.4, -0.2) is 25.3 Å². The lowest BCUT2D eigenvalue weighted by molar-refractivity contribution is 0.0593. The Labute approximate surface area is 81.0 Å². The fourth-order valence-corrected chi connectivity index (χ4v) is 1.09. The summed E-state index contributed by atoms with van der Waals surface area (Å²) in [5.74, 6) is -0.734. The quantitative estimate of drug-likeness (QED) is 0.540. The van der Waals surface area contributed by atoms with Crippen LogP contribution in [0.4, 0.5) is 5.69 Å². The zero-order valence-electron chi connectivity index (χ0n) is 7.90. The number of methoxy groups -OCH3 is 2. The van der Waals surface area contributed by atoms with Gasteiger partial charge in [-0.2, -0.15) is 0 Å². The van der Waals surface area contributed by atoms with Gasteiger partial charge in [0.2, 0.25) is 0 Å². The van der Waals surface area contributed by atoms with Crippen molar-refractivity contribution in [3.05, 3.63) is 17.7 Å². The van der Waals surface area contributed by atoms with Gasteiger partial charge in [-0.1, -0.05) is 0 Å². The Bertz CT molecular complexity index is 362. The molecular weight excluding hydrogens is 186 g/mol. The molecular formula is C9H11NO4. The number of rotatable bonds is 2. The minimum absolute atomic E-state index is 0.0239. The second-order valence-electron chi connectivity index (χ2n) is 2.61. The summed E-state index contributed by atoms with van der Waals surface area (Å²) in [4.78, 5) is 11.2. The van der Waals surface area contributed by atoms with Crippen molar-refractivity contribution in [3.63, 3.8) is 0 Å². The van der Waals surface area contributed by atoms with E-state index in [2.05, 4.69) is 4.74 Å². The molecule has 1 rings (SSSR count). The molecule has 3 N–H and O–H groups in total. The van der Waals surface area contributed by atoms with Crippen LogP contribution in [0, 0.1) is 0 Å². The Morgan fingerprint density at radius 2 is 2.07 bits per heavy atom. The first-order valence-electron chi connectivity index (χ1n) is 3.85. The highest BCUT2D eigenvalue weighted by Crippen LogP contribution is 2.31. The molecule has 0 aromatic heterocycles. The van der Waals surface area contributed by atoms with Crippen LogP contribution in [0.15, 0.2) is 12.1 Å². The summed E-state index contributed by atoms with van der Waals surface area (Å²) in [6.45, 7) is 0. The van der Waals surface area contributed by atoms with Crippen molar-refractivity contribution in [3.8, 4) is 11.5 Å². The topological polar surface area (TPSA) is 81.8 Å². The molecule has 5 nitrogen and oxygen atoms in total. The molecule has 76 valence electrons. The van der Waals surface area contributed by atoms with Gasteiger partial charge < -0.3 is 20.3 Å². The number of nitrogen functional groups attached to an aromatic ring is 1. The molecule has 0 spiro atoms. The van der Waals surface area contributed by atoms with Crippen LogP contribution in [0.1, 0.15) is 10.4 Å². The zero-order chi connectivity index (χ0) is 10.7. The van der Waals surface area contributed by atoms with Crippen LogP contribution < -0.4 is 10.5 Å². The third-order valence-corrected chi connectivity index (χ3v) is 1.71. The van der Waals surface area contributed by atoms with E-state index in [0.717, 1.165) is 0 Å². The van der Waals surface area contributed by atoms with E-state index in [4.69, 9.17) is 10.5 Å². The van der Waals surface area contributed by atoms with E-state index in [1.165, 1.54) is 26.4 Å². The SMILES string of the molecule is COC(=O)c1c(O)cc(N)cc1OC. The summed E-state index contributed by atoms with van der Waals surface area (Å²) >= 11 is 0. The van der Waals surface area contributed by atoms with Gasteiger partial charge in [0.05, 0.1) is 14.2 Å². The Morgan fingerprint density at radius 3 is 2.57 bits per heavy atom. The van der Waals surface area contributed by atoms with Crippen LogP contribution >= 0.6 is 0 Å². The molecule has 1 aromatic rings. The van der Waals surface area contributed by atoms with Gasteiger partial charge in [0.1, 0.15) is 17.1 Å². The molecule has 0 fully saturated rings. The number of hydrogen-bond donors (Lipinski definition) is 2. The lowest BCUT2D eigenvalue weighted by Gasteiger charge is -2.09. The molecule has 0 saturated heterocycles. The first-order chi connectivity index (χ1) is 6.60. The number of anilines is 1. The molecule has 0 heterocycles. The average molecular weight is 197 g/mol. The van der Waals surface area contributed by atoms with E-state index in [-0.39, 0.29) is 17.1 Å². The molecule has 0 aliphatic carbocycles. The average Bonchev–Trinajstić information content (AvgIpc) is 2.15. The minimum atomic E-state index is -0.667. The number of esters is 1. The summed E-state index contributed by atoms with van der Waals surface area (Å²) in [5, 5.41) is 9.44. The van der Waals surface area contributed by atoms with E-state index in [9.17, 15) is 9.90 Å². The van der Waals surface area contributed by atoms with E-state index in [1.807, 2.05) is 0 Å². The molecule has 14 heavy (non-hydrogen) atoms. The Balaban J connectivity index is 3.32. The van der Waals surface area contributed by atoms with Crippen molar-refractivity contribution in [2.24, 2.45) is 0 Å². The third kappa shape index (κ3) is 1.71. The van der Waals surface area contributed by atoms with Crippen molar-refractivity contribution in [1.29, 1.82) is 0 Å². The van der Waals surface area contributed by atoms with Crippen molar-refractivity contribution in [1.82, 2.24) is 0 Å². The van der Waals surface area contributed by atoms with E-state index in [1.54, 1.807) is 0 Å². The Morgan fingerprint density at radius 1 is 1.43 bits per heavy atom. The highest BCUT2D eigenvalue weighted by molar-refractivity contribution is 5.96. The number of phenolic OH excluding ortho intramolecular Hbond substituents is 1. The first-order valence-corrected chi connectivity index (χ1v) is 3.85. The monoisotopic (exact) mass is 197 g/mol. The van der Waals surface area contributed by atoms with Gasteiger partial charge in [-0.3, -0.25) is 0 Å². The smallest absolute Gasteiger partial charge is 0.345 e. The predicted octanol–water partition coefficient (Wildman–Crippen LogP) is 0.770. The number of benzene rings is 1. The Kier molecular flexibility index (Phi) is 2.81. The fraction of sp³-hybridized carbons (Fsp3) is 0.222. The molecule has 0 unspecified atom stereocenters. The summed E-state index contributed by atoms with van der Waals surface area (Å²) < 4.78 is 9.37. The summed E-state index contributed by atoms with van der Waals surface area (Å²) in [6.07, 6.45) is 0. The first kappa shape index (κ1) is 10.2. The normalized spacial score (nSPS) is 9.57. The molecule has 5 heteroatoms. The van der Waals surface area contributed by atoms with Crippen molar-refractivity contribution in [2.45, 2.75) is 0 Å². The number of phenols is 1. The van der Waals surface area contributed by atoms with Crippen LogP contribution in [-0.2, 0) is 4.74 Å². The third-order valence-electron chi connectivity index (χ3n) is 1.71. The number of aromatic hydroxyl groups is 1. The largest absolute Gasteiger partial charge is 0.507 e. The number of carbonyl (C=O) groups is 1. The van der Waals surface area contributed by atoms with Gasteiger partial charge in [-0.05, 0) is 0 Å². The van der Waals surface area contributed by atoms with E-state index >= 15 is 0 Å². The molecule has 0 amide bonds. The van der Waals surface area contributed by atoms with Gasteiger partial charge >= 0.3 is 5.97 Å². The molecule has 0 aliphatic rings. The maximum atomic E-state index is 11.2. The standard InChI is InChI=1S/C9H11NO4/c1-13-7-4-5(10)3-6(11)8(7)9(12)14-2/h3-4,11H,10H2,1-2H3. The second-order valence-corrected chi connectivity index (χ2v) is 2.61. The number of carbonyl (C=O) groups excluding carboxylic acids is 1. The van der Waals surface area contributed by atoms with Gasteiger partial charge in [0.25, 0.3) is 0 Å². The van der Waals surface area contributed by atoms with Gasteiger partial charge in [-0.25, -0.2) is 4.79 Å². The van der Waals surface area contributed by atoms with Crippen LogP contribution in [0.2, 0.25) is 0 Å². The van der Waals surface area contributed by atoms with Crippen LogP contribution in [0.3, 0.4) is 0 Å². The highest BCUT2D eigenvalue weighted by Gasteiger charge is 2.18. The molecule has 0 bridgehead atoms. The molecule has 0 saturated carbocycles. The van der Waals surface area contributed by atoms with Gasteiger partial charge in [0.15, 0.2) is 0 Å². The number of nitrogens with two attached hydrogens (primary N) is 1. The molecule has 1 aromatic carbocycles. The molecule has 0 aliphatic heterocycles. The molecule has 0 radical (unpaired) electrons. The van der Waals surface area contributed by atoms with E-state index in [0.29, 0.717) is 5.69 Å². The summed E-state index contributed by atoms with van der Waals surface area (Å²) in [5.41, 5.74) is 5.74. The van der Waals surface area contributed by atoms with Gasteiger partial charge in [0, 0.05) is 17.8 Å². The van der Waals surface area contributed by atoms with Crippen molar-refractivity contribution >= 4 is 11.7 Å². The second kappa shape index (κ2) is 3.87. The lowest BCUT2D eigenvalue weighted by atomic mass is 10.1. The zero-order valence-corrected chi connectivity index (χ0v) is 7.90. The predicted molar refractivity (Wildman–Crippen MR) is 50.4 cm³/mol.